The topological polar surface area (TPSA) is 43.1 Å². The van der Waals surface area contributed by atoms with Crippen LogP contribution in [0, 0.1) is 25.5 Å². The average Bonchev–Trinajstić information content (AvgIpc) is 2.36. The minimum Gasteiger partial charge on any atom is -0.398 e. The van der Waals surface area contributed by atoms with Crippen molar-refractivity contribution in [1.29, 1.82) is 0 Å². The molecule has 0 amide bonds. The van der Waals surface area contributed by atoms with E-state index in [4.69, 9.17) is 5.73 Å². The highest BCUT2D eigenvalue weighted by molar-refractivity contribution is 6.12. The van der Waals surface area contributed by atoms with Gasteiger partial charge in [0.05, 0.1) is 5.56 Å². The van der Waals surface area contributed by atoms with Crippen LogP contribution in [0.15, 0.2) is 30.3 Å². The Hall–Kier alpha value is -2.23. The molecule has 2 rings (SSSR count). The highest BCUT2D eigenvalue weighted by atomic mass is 19.1. The van der Waals surface area contributed by atoms with E-state index in [2.05, 4.69) is 0 Å². The summed E-state index contributed by atoms with van der Waals surface area (Å²) in [4.78, 5) is 12.3. The van der Waals surface area contributed by atoms with E-state index in [1.807, 2.05) is 0 Å². The van der Waals surface area contributed by atoms with Crippen LogP contribution in [-0.4, -0.2) is 5.78 Å². The summed E-state index contributed by atoms with van der Waals surface area (Å²) >= 11 is 0. The fourth-order valence-electron chi connectivity index (χ4n) is 1.85. The molecule has 2 aromatic rings. The van der Waals surface area contributed by atoms with Crippen molar-refractivity contribution < 1.29 is 13.6 Å². The molecule has 2 aromatic carbocycles. The van der Waals surface area contributed by atoms with Gasteiger partial charge in [0.1, 0.15) is 11.6 Å². The molecule has 0 aliphatic rings. The summed E-state index contributed by atoms with van der Waals surface area (Å²) < 4.78 is 26.9. The number of rotatable bonds is 2. The van der Waals surface area contributed by atoms with Crippen LogP contribution in [0.1, 0.15) is 27.0 Å². The zero-order valence-electron chi connectivity index (χ0n) is 10.6. The lowest BCUT2D eigenvalue weighted by molar-refractivity contribution is 0.103. The van der Waals surface area contributed by atoms with Crippen LogP contribution in [0.4, 0.5) is 14.5 Å². The molecule has 0 saturated carbocycles. The summed E-state index contributed by atoms with van der Waals surface area (Å²) in [7, 11) is 0. The Kier molecular flexibility index (Phi) is 3.34. The van der Waals surface area contributed by atoms with Crippen molar-refractivity contribution in [2.24, 2.45) is 0 Å². The molecule has 2 N–H and O–H groups in total. The minimum atomic E-state index is -0.881. The molecule has 4 heteroatoms. The van der Waals surface area contributed by atoms with Gasteiger partial charge >= 0.3 is 0 Å². The van der Waals surface area contributed by atoms with Gasteiger partial charge in [0, 0.05) is 17.3 Å². The first-order valence-corrected chi connectivity index (χ1v) is 5.77. The van der Waals surface area contributed by atoms with Crippen LogP contribution in [-0.2, 0) is 0 Å². The molecule has 0 aromatic heterocycles. The van der Waals surface area contributed by atoms with Gasteiger partial charge in [-0.15, -0.1) is 0 Å². The van der Waals surface area contributed by atoms with E-state index in [0.29, 0.717) is 11.8 Å². The molecular formula is C15H13F2NO. The van der Waals surface area contributed by atoms with Gasteiger partial charge in [-0.2, -0.15) is 0 Å². The van der Waals surface area contributed by atoms with E-state index in [1.54, 1.807) is 19.1 Å². The Bertz CT molecular complexity index is 665. The van der Waals surface area contributed by atoms with Gasteiger partial charge in [-0.25, -0.2) is 8.78 Å². The zero-order valence-corrected chi connectivity index (χ0v) is 10.6. The van der Waals surface area contributed by atoms with Crippen LogP contribution >= 0.6 is 0 Å². The van der Waals surface area contributed by atoms with Gasteiger partial charge < -0.3 is 5.73 Å². The van der Waals surface area contributed by atoms with Crippen molar-refractivity contribution in [3.05, 3.63) is 64.2 Å². The summed E-state index contributed by atoms with van der Waals surface area (Å²) in [6, 6.07) is 6.89. The van der Waals surface area contributed by atoms with Gasteiger partial charge in [-0.3, -0.25) is 4.79 Å². The number of ketones is 1. The Balaban J connectivity index is 2.56. The van der Waals surface area contributed by atoms with Crippen LogP contribution in [0.5, 0.6) is 0 Å². The predicted octanol–water partition coefficient (Wildman–Crippen LogP) is 3.39. The summed E-state index contributed by atoms with van der Waals surface area (Å²) in [5.41, 5.74) is 7.15. The maximum atomic E-state index is 13.7. The molecule has 0 spiro atoms. The average molecular weight is 261 g/mol. The summed E-state index contributed by atoms with van der Waals surface area (Å²) in [6.45, 7) is 3.24. The SMILES string of the molecule is Cc1cc(C(=O)c2cccc(C)c2N)c(F)cc1F. The number of carbonyl (C=O) groups is 1. The van der Waals surface area contributed by atoms with Crippen molar-refractivity contribution in [1.82, 2.24) is 0 Å². The van der Waals surface area contributed by atoms with E-state index in [1.165, 1.54) is 19.1 Å². The summed E-state index contributed by atoms with van der Waals surface area (Å²) in [6.07, 6.45) is 0. The molecule has 0 saturated heterocycles. The molecule has 0 fully saturated rings. The van der Waals surface area contributed by atoms with Crippen LogP contribution in [0.2, 0.25) is 0 Å². The van der Waals surface area contributed by atoms with E-state index in [0.717, 1.165) is 5.56 Å². The number of halogens is 2. The van der Waals surface area contributed by atoms with E-state index in [-0.39, 0.29) is 16.7 Å². The van der Waals surface area contributed by atoms with Crippen molar-refractivity contribution in [3.8, 4) is 0 Å². The number of para-hydroxylation sites is 1. The number of nitrogen functional groups attached to an aromatic ring is 1. The smallest absolute Gasteiger partial charge is 0.198 e. The van der Waals surface area contributed by atoms with Gasteiger partial charge in [-0.1, -0.05) is 12.1 Å². The van der Waals surface area contributed by atoms with Crippen molar-refractivity contribution >= 4 is 11.5 Å². The van der Waals surface area contributed by atoms with Crippen LogP contribution in [0.3, 0.4) is 0 Å². The van der Waals surface area contributed by atoms with Crippen LogP contribution in [0.25, 0.3) is 0 Å². The first-order valence-electron chi connectivity index (χ1n) is 5.77. The molecule has 0 unspecified atom stereocenters. The first kappa shape index (κ1) is 13.2. The van der Waals surface area contributed by atoms with E-state index in [9.17, 15) is 13.6 Å². The number of hydrogen-bond acceptors (Lipinski definition) is 2. The molecule has 0 heterocycles. The van der Waals surface area contributed by atoms with E-state index < -0.39 is 17.4 Å². The van der Waals surface area contributed by atoms with Crippen molar-refractivity contribution in [2.45, 2.75) is 13.8 Å². The molecular weight excluding hydrogens is 248 g/mol. The van der Waals surface area contributed by atoms with E-state index >= 15 is 0 Å². The number of benzene rings is 2. The largest absolute Gasteiger partial charge is 0.398 e. The lowest BCUT2D eigenvalue weighted by atomic mass is 9.98. The van der Waals surface area contributed by atoms with Gasteiger partial charge in [0.15, 0.2) is 5.78 Å². The maximum Gasteiger partial charge on any atom is 0.198 e. The molecule has 0 bridgehead atoms. The number of hydrogen-bond donors (Lipinski definition) is 1. The third-order valence-corrected chi connectivity index (χ3v) is 3.06. The highest BCUT2D eigenvalue weighted by Gasteiger charge is 2.18. The fourth-order valence-corrected chi connectivity index (χ4v) is 1.85. The lowest BCUT2D eigenvalue weighted by Crippen LogP contribution is -2.09. The van der Waals surface area contributed by atoms with Crippen LogP contribution < -0.4 is 5.73 Å². The molecule has 0 aliphatic carbocycles. The Morgan fingerprint density at radius 1 is 1.00 bits per heavy atom. The monoisotopic (exact) mass is 261 g/mol. The van der Waals surface area contributed by atoms with Gasteiger partial charge in [-0.05, 0) is 37.1 Å². The van der Waals surface area contributed by atoms with Gasteiger partial charge in [0.2, 0.25) is 0 Å². The Labute approximate surface area is 109 Å². The number of carbonyl (C=O) groups excluding carboxylic acids is 1. The Morgan fingerprint density at radius 2 is 1.68 bits per heavy atom. The maximum absolute atomic E-state index is 13.7. The standard InChI is InChI=1S/C15H13F2NO/c1-8-4-3-5-10(14(8)18)15(19)11-6-9(2)12(16)7-13(11)17/h3-7H,18H2,1-2H3. The second-order valence-corrected chi connectivity index (χ2v) is 4.45. The molecule has 19 heavy (non-hydrogen) atoms. The summed E-state index contributed by atoms with van der Waals surface area (Å²) in [5, 5.41) is 0. The molecule has 0 radical (unpaired) electrons. The van der Waals surface area contributed by atoms with Crippen molar-refractivity contribution in [3.63, 3.8) is 0 Å². The van der Waals surface area contributed by atoms with Crippen molar-refractivity contribution in [2.75, 3.05) is 5.73 Å². The van der Waals surface area contributed by atoms with Gasteiger partial charge in [0.25, 0.3) is 0 Å². The Morgan fingerprint density at radius 3 is 2.37 bits per heavy atom. The number of anilines is 1. The normalized spacial score (nSPS) is 10.5. The fraction of sp³-hybridized carbons (Fsp3) is 0.133. The first-order chi connectivity index (χ1) is 8.91. The molecule has 0 aliphatic heterocycles. The minimum absolute atomic E-state index is 0.170. The molecule has 98 valence electrons. The third kappa shape index (κ3) is 2.34. The second kappa shape index (κ2) is 4.80. The molecule has 0 atom stereocenters. The lowest BCUT2D eigenvalue weighted by Gasteiger charge is -2.09. The predicted molar refractivity (Wildman–Crippen MR) is 70.1 cm³/mol. The highest BCUT2D eigenvalue weighted by Crippen LogP contribution is 2.23. The summed E-state index contributed by atoms with van der Waals surface area (Å²) in [5.74, 6) is -2.10. The number of nitrogens with two attached hydrogens (primary N) is 1. The third-order valence-electron chi connectivity index (χ3n) is 3.06. The zero-order chi connectivity index (χ0) is 14.2. The number of aryl methyl sites for hydroxylation is 2. The quantitative estimate of drug-likeness (QED) is 0.665. The molecule has 2 nitrogen and oxygen atoms in total. The second-order valence-electron chi connectivity index (χ2n) is 4.45.